The van der Waals surface area contributed by atoms with Gasteiger partial charge < -0.3 is 10.2 Å². The minimum Gasteiger partial charge on any atom is -0.355 e. The zero-order valence-corrected chi connectivity index (χ0v) is 14.2. The normalized spacial score (nSPS) is 10.5. The van der Waals surface area contributed by atoms with Crippen molar-refractivity contribution < 1.29 is 0 Å². The summed E-state index contributed by atoms with van der Waals surface area (Å²) >= 11 is 12.0. The maximum absolute atomic E-state index is 6.15. The third-order valence-corrected chi connectivity index (χ3v) is 3.58. The summed E-state index contributed by atoms with van der Waals surface area (Å²) in [6.07, 6.45) is 3.78. The number of nitrogens with one attached hydrogen (secondary N) is 1. The van der Waals surface area contributed by atoms with Crippen molar-refractivity contribution in [2.75, 3.05) is 23.3 Å². The molecule has 0 amide bonds. The molecule has 1 aromatic carbocycles. The van der Waals surface area contributed by atoms with Crippen LogP contribution in [0.3, 0.4) is 0 Å². The van der Waals surface area contributed by atoms with Crippen LogP contribution < -0.4 is 10.2 Å². The van der Waals surface area contributed by atoms with Crippen molar-refractivity contribution in [1.29, 1.82) is 0 Å². The fourth-order valence-corrected chi connectivity index (χ4v) is 2.55. The van der Waals surface area contributed by atoms with Crippen molar-refractivity contribution in [3.05, 3.63) is 34.4 Å². The second-order valence-corrected chi connectivity index (χ2v) is 5.72. The van der Waals surface area contributed by atoms with Gasteiger partial charge in [-0.05, 0) is 31.0 Å². The zero-order valence-electron chi connectivity index (χ0n) is 12.7. The van der Waals surface area contributed by atoms with Crippen molar-refractivity contribution >= 4 is 40.7 Å². The summed E-state index contributed by atoms with van der Waals surface area (Å²) in [4.78, 5) is 6.72. The molecule has 2 aromatic rings. The molecule has 0 spiro atoms. The van der Waals surface area contributed by atoms with E-state index in [2.05, 4.69) is 39.2 Å². The first-order chi connectivity index (χ1) is 10.6. The molecule has 0 radical (unpaired) electrons. The van der Waals surface area contributed by atoms with Gasteiger partial charge in [-0.25, -0.2) is 0 Å². The Morgan fingerprint density at radius 2 is 1.86 bits per heavy atom. The highest BCUT2D eigenvalue weighted by Crippen LogP contribution is 2.27. The van der Waals surface area contributed by atoms with Gasteiger partial charge >= 0.3 is 0 Å². The highest BCUT2D eigenvalue weighted by atomic mass is 35.5. The van der Waals surface area contributed by atoms with Crippen LogP contribution in [0.25, 0.3) is 0 Å². The third-order valence-electron chi connectivity index (χ3n) is 3.03. The Hall–Kier alpha value is -1.59. The summed E-state index contributed by atoms with van der Waals surface area (Å²) in [5.41, 5.74) is 0.697. The van der Waals surface area contributed by atoms with Crippen LogP contribution in [0.5, 0.6) is 0 Å². The molecule has 0 aliphatic carbocycles. The van der Waals surface area contributed by atoms with Gasteiger partial charge in [0.25, 0.3) is 0 Å². The number of halogens is 2. The molecular formula is C15H19Cl2N5. The van der Waals surface area contributed by atoms with E-state index in [1.807, 2.05) is 0 Å². The van der Waals surface area contributed by atoms with Crippen LogP contribution >= 0.6 is 23.2 Å². The monoisotopic (exact) mass is 339 g/mol. The topological polar surface area (TPSA) is 53.9 Å². The molecule has 5 nitrogen and oxygen atoms in total. The van der Waals surface area contributed by atoms with Gasteiger partial charge in [0, 0.05) is 18.1 Å². The molecule has 1 N–H and O–H groups in total. The van der Waals surface area contributed by atoms with Gasteiger partial charge in [-0.15, -0.1) is 5.10 Å². The summed E-state index contributed by atoms with van der Waals surface area (Å²) in [7, 11) is 0. The summed E-state index contributed by atoms with van der Waals surface area (Å²) in [6.45, 7) is 6.16. The molecule has 2 rings (SSSR count). The minimum absolute atomic E-state index is 0.416. The Morgan fingerprint density at radius 1 is 1.14 bits per heavy atom. The number of rotatable bonds is 7. The van der Waals surface area contributed by atoms with Crippen LogP contribution in [-0.4, -0.2) is 28.3 Å². The number of benzene rings is 1. The Labute approximate surface area is 140 Å². The van der Waals surface area contributed by atoms with Crippen LogP contribution in [0.2, 0.25) is 10.0 Å². The summed E-state index contributed by atoms with van der Waals surface area (Å²) in [6, 6.07) is 5.22. The quantitative estimate of drug-likeness (QED) is 0.801. The molecule has 118 valence electrons. The molecule has 0 bridgehead atoms. The van der Waals surface area contributed by atoms with Gasteiger partial charge in [0.1, 0.15) is 0 Å². The predicted octanol–water partition coefficient (Wildman–Crippen LogP) is 4.55. The smallest absolute Gasteiger partial charge is 0.249 e. The summed E-state index contributed by atoms with van der Waals surface area (Å²) < 4.78 is 0. The van der Waals surface area contributed by atoms with Gasteiger partial charge in [-0.3, -0.25) is 0 Å². The maximum atomic E-state index is 6.15. The first kappa shape index (κ1) is 16.8. The standard InChI is InChI=1S/C15H19Cl2N5/c1-3-7-22(8-4-2)14-10-18-21-15(20-14)19-13-6-5-11(16)9-12(13)17/h5-6,9-10H,3-4,7-8H2,1-2H3,(H,19,20,21). The van der Waals surface area contributed by atoms with E-state index in [1.54, 1.807) is 24.4 Å². The number of nitrogens with zero attached hydrogens (tertiary/aromatic N) is 4. The molecule has 1 heterocycles. The Balaban J connectivity index is 2.20. The van der Waals surface area contributed by atoms with Crippen molar-refractivity contribution in [3.8, 4) is 0 Å². The largest absolute Gasteiger partial charge is 0.355 e. The Bertz CT molecular complexity index is 615. The van der Waals surface area contributed by atoms with E-state index < -0.39 is 0 Å². The van der Waals surface area contributed by atoms with Gasteiger partial charge in [-0.1, -0.05) is 37.0 Å². The van der Waals surface area contributed by atoms with E-state index in [0.29, 0.717) is 21.7 Å². The Morgan fingerprint density at radius 3 is 2.50 bits per heavy atom. The lowest BCUT2D eigenvalue weighted by molar-refractivity contribution is 0.728. The summed E-state index contributed by atoms with van der Waals surface area (Å²) in [5.74, 6) is 1.23. The first-order valence-electron chi connectivity index (χ1n) is 7.30. The minimum atomic E-state index is 0.416. The number of aromatic nitrogens is 3. The van der Waals surface area contributed by atoms with Gasteiger partial charge in [-0.2, -0.15) is 10.1 Å². The molecule has 7 heteroatoms. The molecule has 0 saturated heterocycles. The molecule has 0 unspecified atom stereocenters. The SMILES string of the molecule is CCCN(CCC)c1cnnc(Nc2ccc(Cl)cc2Cl)n1. The second-order valence-electron chi connectivity index (χ2n) is 4.87. The number of hydrogen-bond acceptors (Lipinski definition) is 5. The lowest BCUT2D eigenvalue weighted by Gasteiger charge is -2.22. The predicted molar refractivity (Wildman–Crippen MR) is 92.4 cm³/mol. The van der Waals surface area contributed by atoms with E-state index in [0.717, 1.165) is 31.7 Å². The average Bonchev–Trinajstić information content (AvgIpc) is 2.50. The molecule has 0 aliphatic heterocycles. The fraction of sp³-hybridized carbons (Fsp3) is 0.400. The van der Waals surface area contributed by atoms with Crippen molar-refractivity contribution in [1.82, 2.24) is 15.2 Å². The van der Waals surface area contributed by atoms with Crippen LogP contribution in [0.4, 0.5) is 17.5 Å². The van der Waals surface area contributed by atoms with E-state index in [1.165, 1.54) is 0 Å². The van der Waals surface area contributed by atoms with E-state index in [4.69, 9.17) is 23.2 Å². The van der Waals surface area contributed by atoms with Crippen molar-refractivity contribution in [2.24, 2.45) is 0 Å². The van der Waals surface area contributed by atoms with Crippen LogP contribution in [0.1, 0.15) is 26.7 Å². The lowest BCUT2D eigenvalue weighted by atomic mass is 10.3. The molecular weight excluding hydrogens is 321 g/mol. The fourth-order valence-electron chi connectivity index (χ4n) is 2.09. The van der Waals surface area contributed by atoms with Crippen molar-refractivity contribution in [3.63, 3.8) is 0 Å². The van der Waals surface area contributed by atoms with Gasteiger partial charge in [0.2, 0.25) is 5.95 Å². The second kappa shape index (κ2) is 8.15. The first-order valence-corrected chi connectivity index (χ1v) is 8.06. The van der Waals surface area contributed by atoms with Crippen molar-refractivity contribution in [2.45, 2.75) is 26.7 Å². The highest BCUT2D eigenvalue weighted by molar-refractivity contribution is 6.36. The average molecular weight is 340 g/mol. The number of anilines is 3. The highest BCUT2D eigenvalue weighted by Gasteiger charge is 2.10. The maximum Gasteiger partial charge on any atom is 0.249 e. The Kier molecular flexibility index (Phi) is 6.21. The molecule has 0 fully saturated rings. The van der Waals surface area contributed by atoms with Crippen LogP contribution in [0, 0.1) is 0 Å². The summed E-state index contributed by atoms with van der Waals surface area (Å²) in [5, 5.41) is 12.2. The van der Waals surface area contributed by atoms with Gasteiger partial charge in [0.15, 0.2) is 5.82 Å². The molecule has 22 heavy (non-hydrogen) atoms. The van der Waals surface area contributed by atoms with Crippen LogP contribution in [-0.2, 0) is 0 Å². The molecule has 0 atom stereocenters. The number of hydrogen-bond donors (Lipinski definition) is 1. The third kappa shape index (κ3) is 4.45. The van der Waals surface area contributed by atoms with E-state index in [9.17, 15) is 0 Å². The van der Waals surface area contributed by atoms with Crippen LogP contribution in [0.15, 0.2) is 24.4 Å². The van der Waals surface area contributed by atoms with E-state index >= 15 is 0 Å². The molecule has 0 saturated carbocycles. The zero-order chi connectivity index (χ0) is 15.9. The molecule has 0 aliphatic rings. The van der Waals surface area contributed by atoms with Gasteiger partial charge in [0.05, 0.1) is 16.9 Å². The lowest BCUT2D eigenvalue weighted by Crippen LogP contribution is -2.26. The van der Waals surface area contributed by atoms with E-state index in [-0.39, 0.29) is 0 Å². The molecule has 1 aromatic heterocycles.